The van der Waals surface area contributed by atoms with E-state index < -0.39 is 23.5 Å². The third-order valence-corrected chi connectivity index (χ3v) is 7.20. The van der Waals surface area contributed by atoms with Crippen LogP contribution in [-0.2, 0) is 11.3 Å². The number of para-hydroxylation sites is 1. The van der Waals surface area contributed by atoms with Crippen molar-refractivity contribution in [2.24, 2.45) is 11.7 Å². The van der Waals surface area contributed by atoms with E-state index in [0.29, 0.717) is 34.1 Å². The van der Waals surface area contributed by atoms with Crippen molar-refractivity contribution in [3.63, 3.8) is 0 Å². The highest BCUT2D eigenvalue weighted by Crippen LogP contribution is 2.31. The molecular weight excluding hydrogens is 564 g/mol. The fourth-order valence-electron chi connectivity index (χ4n) is 5.00. The molecule has 3 heterocycles. The Morgan fingerprint density at radius 2 is 1.80 bits per heavy atom. The highest BCUT2D eigenvalue weighted by Gasteiger charge is 2.26. The van der Waals surface area contributed by atoms with E-state index in [1.54, 1.807) is 67.4 Å². The standard InChI is InChI=1S/C32H32N6O6/c1-19(15-25(33)32(41)42)18-37-20(2)29(31(40)38(37)21-7-5-4-6-8-21)30(39)36-28-12-10-23(17-35-28)44-27-13-14-34-26-16-22(43-3)9-11-24(26)27/h4-14,16-17,19,25H,15,18,33H2,1-3H3,(H,41,42)(H,35,36,39)/t19-,25+/m1/s1. The lowest BCUT2D eigenvalue weighted by Crippen LogP contribution is -2.33. The molecule has 5 rings (SSSR count). The third kappa shape index (κ3) is 6.30. The second kappa shape index (κ2) is 12.8. The average Bonchev–Trinajstić information content (AvgIpc) is 3.26. The SMILES string of the molecule is COc1ccc2c(Oc3ccc(NC(=O)c4c(C)n(C[C@H](C)C[C@H](N)C(=O)O)n(-c5ccccc5)c4=O)nc3)ccnc2c1. The number of hydrogen-bond donors (Lipinski definition) is 3. The number of anilines is 1. The monoisotopic (exact) mass is 596 g/mol. The molecule has 3 aromatic heterocycles. The summed E-state index contributed by atoms with van der Waals surface area (Å²) in [6.07, 6.45) is 3.30. The van der Waals surface area contributed by atoms with Crippen LogP contribution < -0.4 is 26.1 Å². The maximum absolute atomic E-state index is 13.7. The van der Waals surface area contributed by atoms with Gasteiger partial charge in [0, 0.05) is 24.2 Å². The number of methoxy groups -OCH3 is 1. The number of fused-ring (bicyclic) bond motifs is 1. The molecule has 0 aliphatic carbocycles. The van der Waals surface area contributed by atoms with E-state index in [2.05, 4.69) is 15.3 Å². The van der Waals surface area contributed by atoms with Gasteiger partial charge in [-0.25, -0.2) is 9.67 Å². The number of benzene rings is 2. The Kier molecular flexibility index (Phi) is 8.72. The molecule has 2 atom stereocenters. The Balaban J connectivity index is 1.38. The minimum Gasteiger partial charge on any atom is -0.497 e. The van der Waals surface area contributed by atoms with Crippen molar-refractivity contribution in [2.45, 2.75) is 32.9 Å². The van der Waals surface area contributed by atoms with Gasteiger partial charge < -0.3 is 25.6 Å². The average molecular weight is 597 g/mol. The highest BCUT2D eigenvalue weighted by molar-refractivity contribution is 6.04. The van der Waals surface area contributed by atoms with Crippen molar-refractivity contribution in [1.82, 2.24) is 19.3 Å². The largest absolute Gasteiger partial charge is 0.497 e. The molecule has 0 saturated heterocycles. The number of aliphatic carboxylic acids is 1. The summed E-state index contributed by atoms with van der Waals surface area (Å²) in [5.41, 5.74) is 6.89. The van der Waals surface area contributed by atoms with Gasteiger partial charge in [-0.3, -0.25) is 24.0 Å². The van der Waals surface area contributed by atoms with Gasteiger partial charge in [-0.15, -0.1) is 0 Å². The first kappa shape index (κ1) is 30.0. The number of carboxylic acids is 1. The number of ether oxygens (including phenoxy) is 2. The molecule has 0 fully saturated rings. The van der Waals surface area contributed by atoms with Crippen LogP contribution in [0.15, 0.2) is 83.9 Å². The number of hydrogen-bond acceptors (Lipinski definition) is 8. The van der Waals surface area contributed by atoms with Crippen molar-refractivity contribution in [1.29, 1.82) is 0 Å². The number of aromatic nitrogens is 4. The summed E-state index contributed by atoms with van der Waals surface area (Å²) in [7, 11) is 1.59. The number of carboxylic acid groups (broad SMARTS) is 1. The Labute approximate surface area is 252 Å². The number of nitrogens with two attached hydrogens (primary N) is 1. The smallest absolute Gasteiger partial charge is 0.320 e. The Bertz CT molecular complexity index is 1870. The number of carbonyl (C=O) groups excluding carboxylic acids is 1. The summed E-state index contributed by atoms with van der Waals surface area (Å²) in [6, 6.07) is 18.3. The Hall–Kier alpha value is -5.49. The van der Waals surface area contributed by atoms with Crippen molar-refractivity contribution < 1.29 is 24.2 Å². The zero-order chi connectivity index (χ0) is 31.4. The van der Waals surface area contributed by atoms with Crippen LogP contribution in [0.2, 0.25) is 0 Å². The van der Waals surface area contributed by atoms with Crippen LogP contribution in [0, 0.1) is 12.8 Å². The fraction of sp³-hybridized carbons (Fsp3) is 0.219. The van der Waals surface area contributed by atoms with E-state index >= 15 is 0 Å². The summed E-state index contributed by atoms with van der Waals surface area (Å²) >= 11 is 0. The molecule has 2 aromatic carbocycles. The topological polar surface area (TPSA) is 164 Å². The number of nitrogens with one attached hydrogen (secondary N) is 1. The molecule has 4 N–H and O–H groups in total. The van der Waals surface area contributed by atoms with E-state index in [-0.39, 0.29) is 30.3 Å². The lowest BCUT2D eigenvalue weighted by Gasteiger charge is -2.19. The van der Waals surface area contributed by atoms with Gasteiger partial charge in [-0.2, -0.15) is 0 Å². The summed E-state index contributed by atoms with van der Waals surface area (Å²) in [5.74, 6) is 0.00152. The van der Waals surface area contributed by atoms with Gasteiger partial charge in [0.25, 0.3) is 11.5 Å². The van der Waals surface area contributed by atoms with Gasteiger partial charge in [0.1, 0.15) is 34.7 Å². The molecule has 0 spiro atoms. The van der Waals surface area contributed by atoms with Gasteiger partial charge in [0.2, 0.25) is 0 Å². The molecule has 0 bridgehead atoms. The van der Waals surface area contributed by atoms with Crippen LogP contribution in [0.3, 0.4) is 0 Å². The van der Waals surface area contributed by atoms with Crippen LogP contribution >= 0.6 is 0 Å². The molecule has 44 heavy (non-hydrogen) atoms. The zero-order valence-corrected chi connectivity index (χ0v) is 24.4. The van der Waals surface area contributed by atoms with E-state index in [0.717, 1.165) is 5.39 Å². The number of carbonyl (C=O) groups is 2. The third-order valence-electron chi connectivity index (χ3n) is 7.20. The van der Waals surface area contributed by atoms with Crippen LogP contribution in [0.25, 0.3) is 16.6 Å². The quantitative estimate of drug-likeness (QED) is 0.201. The molecule has 12 nitrogen and oxygen atoms in total. The maximum atomic E-state index is 13.7. The molecule has 0 saturated carbocycles. The van der Waals surface area contributed by atoms with Crippen molar-refractivity contribution >= 4 is 28.6 Å². The first-order chi connectivity index (χ1) is 21.2. The molecule has 0 aliphatic heterocycles. The maximum Gasteiger partial charge on any atom is 0.320 e. The zero-order valence-electron chi connectivity index (χ0n) is 24.4. The lowest BCUT2D eigenvalue weighted by molar-refractivity contribution is -0.138. The number of rotatable bonds is 11. The summed E-state index contributed by atoms with van der Waals surface area (Å²) in [6.45, 7) is 3.80. The van der Waals surface area contributed by atoms with Crippen LogP contribution in [-0.4, -0.2) is 49.5 Å². The van der Waals surface area contributed by atoms with Crippen molar-refractivity contribution in [3.05, 3.63) is 101 Å². The summed E-state index contributed by atoms with van der Waals surface area (Å²) in [5, 5.41) is 12.7. The van der Waals surface area contributed by atoms with Crippen molar-refractivity contribution in [2.75, 3.05) is 12.4 Å². The van der Waals surface area contributed by atoms with E-state index in [9.17, 15) is 19.5 Å². The van der Waals surface area contributed by atoms with Gasteiger partial charge in [-0.1, -0.05) is 25.1 Å². The number of amides is 1. The van der Waals surface area contributed by atoms with Gasteiger partial charge in [0.15, 0.2) is 0 Å². The van der Waals surface area contributed by atoms with Gasteiger partial charge in [0.05, 0.1) is 30.2 Å². The molecule has 0 aliphatic rings. The fourth-order valence-corrected chi connectivity index (χ4v) is 5.00. The first-order valence-electron chi connectivity index (χ1n) is 13.9. The van der Waals surface area contributed by atoms with E-state index in [1.165, 1.54) is 10.9 Å². The molecule has 0 unspecified atom stereocenters. The highest BCUT2D eigenvalue weighted by atomic mass is 16.5. The number of pyridine rings is 2. The molecule has 5 aromatic rings. The molecule has 226 valence electrons. The summed E-state index contributed by atoms with van der Waals surface area (Å²) < 4.78 is 14.4. The van der Waals surface area contributed by atoms with E-state index in [1.807, 2.05) is 31.2 Å². The van der Waals surface area contributed by atoms with Crippen LogP contribution in [0.1, 0.15) is 29.4 Å². The molecule has 1 amide bonds. The summed E-state index contributed by atoms with van der Waals surface area (Å²) in [4.78, 5) is 47.1. The predicted molar refractivity (Wildman–Crippen MR) is 165 cm³/mol. The Morgan fingerprint density at radius 1 is 1.05 bits per heavy atom. The van der Waals surface area contributed by atoms with Crippen LogP contribution in [0.5, 0.6) is 17.2 Å². The van der Waals surface area contributed by atoms with Gasteiger partial charge in [-0.05, 0) is 61.7 Å². The Morgan fingerprint density at radius 3 is 2.48 bits per heavy atom. The normalized spacial score (nSPS) is 12.5. The second-order valence-corrected chi connectivity index (χ2v) is 10.4. The van der Waals surface area contributed by atoms with E-state index in [4.69, 9.17) is 15.2 Å². The predicted octanol–water partition coefficient (Wildman–Crippen LogP) is 4.38. The molecule has 12 heteroatoms. The molecule has 0 radical (unpaired) electrons. The minimum atomic E-state index is -1.10. The second-order valence-electron chi connectivity index (χ2n) is 10.4. The number of nitrogens with zero attached hydrogens (tertiary/aromatic N) is 4. The first-order valence-corrected chi connectivity index (χ1v) is 13.9. The molecular formula is C32H32N6O6. The van der Waals surface area contributed by atoms with Crippen molar-refractivity contribution in [3.8, 4) is 22.9 Å². The minimum absolute atomic E-state index is 0.0515. The van der Waals surface area contributed by atoms with Gasteiger partial charge >= 0.3 is 5.97 Å². The lowest BCUT2D eigenvalue weighted by atomic mass is 10.0. The van der Waals surface area contributed by atoms with Crippen LogP contribution in [0.4, 0.5) is 5.82 Å².